The van der Waals surface area contributed by atoms with E-state index in [1.807, 2.05) is 4.90 Å². The monoisotopic (exact) mass is 336 g/mol. The van der Waals surface area contributed by atoms with Crippen molar-refractivity contribution < 1.29 is 9.59 Å². The molecule has 4 nitrogen and oxygen atoms in total. The van der Waals surface area contributed by atoms with Gasteiger partial charge in [0.25, 0.3) is 5.91 Å². The molecule has 1 aliphatic rings. The van der Waals surface area contributed by atoms with Crippen molar-refractivity contribution in [2.45, 2.75) is 45.2 Å². The first-order valence-corrected chi connectivity index (χ1v) is 8.75. The molecule has 0 radical (unpaired) electrons. The molecule has 0 saturated heterocycles. The zero-order valence-corrected chi connectivity index (χ0v) is 14.7. The van der Waals surface area contributed by atoms with E-state index >= 15 is 0 Å². The lowest BCUT2D eigenvalue weighted by atomic mass is 10.0. The maximum absolute atomic E-state index is 12.9. The van der Waals surface area contributed by atoms with Crippen LogP contribution in [0.3, 0.4) is 0 Å². The van der Waals surface area contributed by atoms with Gasteiger partial charge in [0.05, 0.1) is 0 Å². The number of benzene rings is 2. The number of carbonyl (C=O) groups is 2. The second-order valence-corrected chi connectivity index (χ2v) is 7.00. The lowest BCUT2D eigenvalue weighted by Crippen LogP contribution is -2.32. The van der Waals surface area contributed by atoms with Gasteiger partial charge in [0.2, 0.25) is 5.91 Å². The molecule has 2 N–H and O–H groups in total. The van der Waals surface area contributed by atoms with Crippen molar-refractivity contribution in [2.24, 2.45) is 5.73 Å². The highest BCUT2D eigenvalue weighted by Crippen LogP contribution is 2.30. The SMILES string of the molecule is CC(C)c1ccc(CN(C(=O)c2ccc(C(N)=O)cc2)C2CC2)cc1. The summed E-state index contributed by atoms with van der Waals surface area (Å²) in [5.41, 5.74) is 8.71. The fourth-order valence-corrected chi connectivity index (χ4v) is 2.90. The number of carbonyl (C=O) groups excluding carboxylic acids is 2. The van der Waals surface area contributed by atoms with Gasteiger partial charge < -0.3 is 10.6 Å². The quantitative estimate of drug-likeness (QED) is 0.874. The largest absolute Gasteiger partial charge is 0.366 e. The van der Waals surface area contributed by atoms with Gasteiger partial charge >= 0.3 is 0 Å². The van der Waals surface area contributed by atoms with Crippen LogP contribution in [-0.4, -0.2) is 22.8 Å². The molecule has 0 unspecified atom stereocenters. The molecule has 0 atom stereocenters. The Labute approximate surface area is 148 Å². The van der Waals surface area contributed by atoms with Gasteiger partial charge in [0.15, 0.2) is 0 Å². The first kappa shape index (κ1) is 17.2. The zero-order valence-electron chi connectivity index (χ0n) is 14.7. The Kier molecular flexibility index (Phi) is 4.88. The van der Waals surface area contributed by atoms with Gasteiger partial charge in [0, 0.05) is 23.7 Å². The molecule has 2 amide bonds. The van der Waals surface area contributed by atoms with Crippen molar-refractivity contribution in [2.75, 3.05) is 0 Å². The summed E-state index contributed by atoms with van der Waals surface area (Å²) in [4.78, 5) is 26.0. The Morgan fingerprint density at radius 2 is 1.56 bits per heavy atom. The molecule has 25 heavy (non-hydrogen) atoms. The number of hydrogen-bond donors (Lipinski definition) is 1. The van der Waals surface area contributed by atoms with Crippen LogP contribution in [0.5, 0.6) is 0 Å². The highest BCUT2D eigenvalue weighted by atomic mass is 16.2. The van der Waals surface area contributed by atoms with Crippen LogP contribution in [0.4, 0.5) is 0 Å². The van der Waals surface area contributed by atoms with Crippen LogP contribution in [0.15, 0.2) is 48.5 Å². The van der Waals surface area contributed by atoms with Gasteiger partial charge in [-0.2, -0.15) is 0 Å². The summed E-state index contributed by atoms with van der Waals surface area (Å²) in [5, 5.41) is 0. The van der Waals surface area contributed by atoms with Crippen molar-refractivity contribution in [1.29, 1.82) is 0 Å². The molecule has 2 aromatic rings. The summed E-state index contributed by atoms with van der Waals surface area (Å²) in [6.07, 6.45) is 2.10. The van der Waals surface area contributed by atoms with Crippen molar-refractivity contribution in [3.8, 4) is 0 Å². The fourth-order valence-electron chi connectivity index (χ4n) is 2.90. The maximum Gasteiger partial charge on any atom is 0.254 e. The van der Waals surface area contributed by atoms with Gasteiger partial charge in [-0.05, 0) is 54.2 Å². The molecular weight excluding hydrogens is 312 g/mol. The van der Waals surface area contributed by atoms with E-state index in [-0.39, 0.29) is 5.91 Å². The molecule has 130 valence electrons. The minimum Gasteiger partial charge on any atom is -0.366 e. The lowest BCUT2D eigenvalue weighted by Gasteiger charge is -2.23. The van der Waals surface area contributed by atoms with E-state index in [2.05, 4.69) is 38.1 Å². The van der Waals surface area contributed by atoms with Crippen molar-refractivity contribution in [3.63, 3.8) is 0 Å². The Hall–Kier alpha value is -2.62. The van der Waals surface area contributed by atoms with E-state index in [0.29, 0.717) is 29.6 Å². The van der Waals surface area contributed by atoms with Gasteiger partial charge in [-0.3, -0.25) is 9.59 Å². The number of amides is 2. The van der Waals surface area contributed by atoms with Crippen LogP contribution in [0.25, 0.3) is 0 Å². The number of nitrogens with zero attached hydrogens (tertiary/aromatic N) is 1. The van der Waals surface area contributed by atoms with Crippen LogP contribution in [0.2, 0.25) is 0 Å². The molecule has 0 spiro atoms. The summed E-state index contributed by atoms with van der Waals surface area (Å²) in [7, 11) is 0. The first-order valence-electron chi connectivity index (χ1n) is 8.75. The van der Waals surface area contributed by atoms with Crippen LogP contribution in [0.1, 0.15) is 64.4 Å². The minimum atomic E-state index is -0.483. The predicted molar refractivity (Wildman–Crippen MR) is 98.4 cm³/mol. The number of rotatable bonds is 6. The summed E-state index contributed by atoms with van der Waals surface area (Å²) >= 11 is 0. The fraction of sp³-hybridized carbons (Fsp3) is 0.333. The van der Waals surface area contributed by atoms with Gasteiger partial charge in [-0.15, -0.1) is 0 Å². The summed E-state index contributed by atoms with van der Waals surface area (Å²) in [6, 6.07) is 15.4. The van der Waals surface area contributed by atoms with E-state index in [1.165, 1.54) is 5.56 Å². The number of primary amides is 1. The molecule has 2 aromatic carbocycles. The Balaban J connectivity index is 1.76. The van der Waals surface area contributed by atoms with Crippen LogP contribution in [-0.2, 0) is 6.54 Å². The Morgan fingerprint density at radius 3 is 2.04 bits per heavy atom. The minimum absolute atomic E-state index is 0.00598. The summed E-state index contributed by atoms with van der Waals surface area (Å²) in [6.45, 7) is 4.95. The summed E-state index contributed by atoms with van der Waals surface area (Å²) in [5.74, 6) is 0.0220. The normalized spacial score (nSPS) is 13.7. The molecule has 4 heteroatoms. The van der Waals surface area contributed by atoms with Crippen LogP contribution in [0, 0.1) is 0 Å². The van der Waals surface area contributed by atoms with E-state index in [0.717, 1.165) is 18.4 Å². The second-order valence-electron chi connectivity index (χ2n) is 7.00. The molecule has 1 aliphatic carbocycles. The molecule has 0 bridgehead atoms. The van der Waals surface area contributed by atoms with Crippen LogP contribution < -0.4 is 5.73 Å². The third-order valence-electron chi connectivity index (χ3n) is 4.66. The lowest BCUT2D eigenvalue weighted by molar-refractivity contribution is 0.0729. The summed E-state index contributed by atoms with van der Waals surface area (Å²) < 4.78 is 0. The van der Waals surface area contributed by atoms with E-state index in [1.54, 1.807) is 24.3 Å². The predicted octanol–water partition coefficient (Wildman–Crippen LogP) is 3.71. The molecule has 3 rings (SSSR count). The topological polar surface area (TPSA) is 63.4 Å². The second kappa shape index (κ2) is 7.09. The molecule has 1 saturated carbocycles. The number of hydrogen-bond acceptors (Lipinski definition) is 2. The standard InChI is InChI=1S/C21H24N2O2/c1-14(2)16-5-3-15(4-6-16)13-23(19-11-12-19)21(25)18-9-7-17(8-10-18)20(22)24/h3-10,14,19H,11-13H2,1-2H3,(H2,22,24). The molecular formula is C21H24N2O2. The van der Waals surface area contributed by atoms with E-state index in [9.17, 15) is 9.59 Å². The average molecular weight is 336 g/mol. The van der Waals surface area contributed by atoms with E-state index < -0.39 is 5.91 Å². The molecule has 0 aromatic heterocycles. The Bertz CT molecular complexity index is 759. The third kappa shape index (κ3) is 4.08. The maximum atomic E-state index is 12.9. The van der Waals surface area contributed by atoms with Crippen molar-refractivity contribution >= 4 is 11.8 Å². The van der Waals surface area contributed by atoms with Gasteiger partial charge in [-0.1, -0.05) is 38.1 Å². The molecule has 0 aliphatic heterocycles. The van der Waals surface area contributed by atoms with Gasteiger partial charge in [0.1, 0.15) is 0 Å². The Morgan fingerprint density at radius 1 is 1.00 bits per heavy atom. The van der Waals surface area contributed by atoms with Crippen LogP contribution >= 0.6 is 0 Å². The van der Waals surface area contributed by atoms with Gasteiger partial charge in [-0.25, -0.2) is 0 Å². The average Bonchev–Trinajstić information content (AvgIpc) is 3.44. The first-order chi connectivity index (χ1) is 12.0. The van der Waals surface area contributed by atoms with E-state index in [4.69, 9.17) is 5.73 Å². The molecule has 0 heterocycles. The van der Waals surface area contributed by atoms with Crippen molar-refractivity contribution in [1.82, 2.24) is 4.90 Å². The third-order valence-corrected chi connectivity index (χ3v) is 4.66. The highest BCUT2D eigenvalue weighted by Gasteiger charge is 2.33. The highest BCUT2D eigenvalue weighted by molar-refractivity contribution is 5.97. The molecule has 1 fully saturated rings. The zero-order chi connectivity index (χ0) is 18.0. The smallest absolute Gasteiger partial charge is 0.254 e. The number of nitrogens with two attached hydrogens (primary N) is 1. The van der Waals surface area contributed by atoms with Crippen molar-refractivity contribution in [3.05, 3.63) is 70.8 Å².